The molecule has 0 unspecified atom stereocenters. The fourth-order valence-electron chi connectivity index (χ4n) is 4.37. The second-order valence-corrected chi connectivity index (χ2v) is 8.51. The Morgan fingerprint density at radius 3 is 2.81 bits per heavy atom. The van der Waals surface area contributed by atoms with Gasteiger partial charge < -0.3 is 14.2 Å². The maximum absolute atomic E-state index is 6.19. The Morgan fingerprint density at radius 2 is 2.06 bits per heavy atom. The van der Waals surface area contributed by atoms with E-state index in [0.29, 0.717) is 24.9 Å². The fourth-order valence-corrected chi connectivity index (χ4v) is 4.37. The van der Waals surface area contributed by atoms with Crippen LogP contribution in [0.4, 0.5) is 0 Å². The summed E-state index contributed by atoms with van der Waals surface area (Å²) < 4.78 is 11.8. The SMILES string of the molecule is C=C=C1c2c(C)cnn2N=CN1Cc1nc([C@]2(CC)CO[C@@H](c3ccc(C)cc3)C2)no1. The molecule has 8 heteroatoms. The van der Waals surface area contributed by atoms with Crippen LogP contribution in [0.2, 0.25) is 0 Å². The second kappa shape index (κ2) is 7.89. The topological polar surface area (TPSA) is 81.6 Å². The molecular weight excluding hydrogens is 404 g/mol. The van der Waals surface area contributed by atoms with E-state index in [1.165, 1.54) is 11.1 Å². The van der Waals surface area contributed by atoms with E-state index in [1.54, 1.807) is 17.3 Å². The summed E-state index contributed by atoms with van der Waals surface area (Å²) >= 11 is 0. The first-order valence-corrected chi connectivity index (χ1v) is 10.8. The maximum Gasteiger partial charge on any atom is 0.246 e. The van der Waals surface area contributed by atoms with Crippen LogP contribution in [-0.2, 0) is 16.7 Å². The van der Waals surface area contributed by atoms with E-state index in [2.05, 4.69) is 65.8 Å². The van der Waals surface area contributed by atoms with Crippen molar-refractivity contribution in [3.63, 3.8) is 0 Å². The molecule has 3 aromatic rings. The van der Waals surface area contributed by atoms with Crippen LogP contribution < -0.4 is 0 Å². The Labute approximate surface area is 186 Å². The molecule has 0 aliphatic carbocycles. The number of fused-ring (bicyclic) bond motifs is 1. The van der Waals surface area contributed by atoms with Crippen LogP contribution in [0.3, 0.4) is 0 Å². The first kappa shape index (κ1) is 20.4. The maximum atomic E-state index is 6.19. The van der Waals surface area contributed by atoms with Crippen molar-refractivity contribution in [2.75, 3.05) is 6.61 Å². The highest BCUT2D eigenvalue weighted by Crippen LogP contribution is 2.44. The molecule has 1 fully saturated rings. The van der Waals surface area contributed by atoms with Gasteiger partial charge in [0.1, 0.15) is 24.3 Å². The zero-order valence-corrected chi connectivity index (χ0v) is 18.6. The predicted octanol–water partition coefficient (Wildman–Crippen LogP) is 4.13. The van der Waals surface area contributed by atoms with Gasteiger partial charge in [0.25, 0.3) is 0 Å². The standard InChI is InChI=1S/C24H26N6O2/c1-5-19-22-17(4)12-25-30(22)26-15-29(19)13-21-27-23(28-32-21)24(6-2)11-20(31-14-24)18-9-7-16(3)8-10-18/h7-10,12,15,20H,1,6,11,13-14H2,2-4H3/t20-,24+/m1/s1. The summed E-state index contributed by atoms with van der Waals surface area (Å²) in [6.07, 6.45) is 5.18. The fraction of sp³-hybridized carbons (Fsp3) is 0.375. The van der Waals surface area contributed by atoms with Crippen LogP contribution >= 0.6 is 0 Å². The van der Waals surface area contributed by atoms with Gasteiger partial charge in [-0.1, -0.05) is 48.5 Å². The molecule has 2 aliphatic rings. The van der Waals surface area contributed by atoms with Gasteiger partial charge in [-0.3, -0.25) is 0 Å². The lowest BCUT2D eigenvalue weighted by molar-refractivity contribution is 0.103. The molecule has 0 saturated carbocycles. The first-order valence-electron chi connectivity index (χ1n) is 10.8. The third kappa shape index (κ3) is 3.38. The molecule has 32 heavy (non-hydrogen) atoms. The molecule has 2 aliphatic heterocycles. The molecule has 0 N–H and O–H groups in total. The largest absolute Gasteiger partial charge is 0.372 e. The average molecular weight is 431 g/mol. The average Bonchev–Trinajstić information content (AvgIpc) is 3.54. The highest BCUT2D eigenvalue weighted by atomic mass is 16.5. The number of aryl methyl sites for hydroxylation is 2. The molecule has 2 atom stereocenters. The highest BCUT2D eigenvalue weighted by molar-refractivity contribution is 5.77. The summed E-state index contributed by atoms with van der Waals surface area (Å²) in [5, 5.41) is 13.0. The summed E-state index contributed by atoms with van der Waals surface area (Å²) in [5.74, 6) is 1.21. The lowest BCUT2D eigenvalue weighted by Crippen LogP contribution is -2.28. The Morgan fingerprint density at radius 1 is 1.25 bits per heavy atom. The summed E-state index contributed by atoms with van der Waals surface area (Å²) in [7, 11) is 0. The van der Waals surface area contributed by atoms with Crippen molar-refractivity contribution in [2.24, 2.45) is 5.10 Å². The molecule has 4 heterocycles. The van der Waals surface area contributed by atoms with Crippen molar-refractivity contribution in [3.05, 3.63) is 76.9 Å². The van der Waals surface area contributed by atoms with Gasteiger partial charge in [0.05, 0.1) is 24.3 Å². The Kier molecular flexibility index (Phi) is 5.04. The number of rotatable bonds is 5. The zero-order chi connectivity index (χ0) is 22.3. The molecule has 2 aromatic heterocycles. The lowest BCUT2D eigenvalue weighted by atomic mass is 9.81. The number of nitrogens with zero attached hydrogens (tertiary/aromatic N) is 6. The minimum Gasteiger partial charge on any atom is -0.372 e. The lowest BCUT2D eigenvalue weighted by Gasteiger charge is -2.23. The van der Waals surface area contributed by atoms with Crippen molar-refractivity contribution >= 4 is 12.0 Å². The number of ether oxygens (including phenoxy) is 1. The van der Waals surface area contributed by atoms with Gasteiger partial charge in [-0.2, -0.15) is 10.1 Å². The van der Waals surface area contributed by atoms with Crippen LogP contribution in [0.5, 0.6) is 0 Å². The van der Waals surface area contributed by atoms with Gasteiger partial charge in [-0.15, -0.1) is 15.6 Å². The highest BCUT2D eigenvalue weighted by Gasteiger charge is 2.44. The van der Waals surface area contributed by atoms with Gasteiger partial charge in [0, 0.05) is 0 Å². The summed E-state index contributed by atoms with van der Waals surface area (Å²) in [6.45, 7) is 11.0. The van der Waals surface area contributed by atoms with Crippen LogP contribution in [0.25, 0.3) is 5.70 Å². The molecule has 8 nitrogen and oxygen atoms in total. The van der Waals surface area contributed by atoms with Crippen molar-refractivity contribution in [1.82, 2.24) is 24.9 Å². The Hall–Kier alpha value is -3.48. The van der Waals surface area contributed by atoms with Gasteiger partial charge in [0.2, 0.25) is 5.89 Å². The monoisotopic (exact) mass is 430 g/mol. The molecule has 0 spiro atoms. The second-order valence-electron chi connectivity index (χ2n) is 8.51. The van der Waals surface area contributed by atoms with E-state index in [1.807, 2.05) is 11.8 Å². The summed E-state index contributed by atoms with van der Waals surface area (Å²) in [6, 6.07) is 8.52. The van der Waals surface area contributed by atoms with E-state index in [-0.39, 0.29) is 11.5 Å². The molecule has 5 rings (SSSR count). The van der Waals surface area contributed by atoms with Crippen molar-refractivity contribution < 1.29 is 9.26 Å². The van der Waals surface area contributed by atoms with Crippen molar-refractivity contribution in [1.29, 1.82) is 0 Å². The number of hydrogen-bond acceptors (Lipinski definition) is 7. The molecule has 164 valence electrons. The van der Waals surface area contributed by atoms with Crippen molar-refractivity contribution in [3.8, 4) is 0 Å². The van der Waals surface area contributed by atoms with Crippen LogP contribution in [0.15, 0.2) is 52.4 Å². The summed E-state index contributed by atoms with van der Waals surface area (Å²) in [5.41, 5.74) is 7.80. The van der Waals surface area contributed by atoms with Crippen LogP contribution in [-0.4, -0.2) is 37.9 Å². The zero-order valence-electron chi connectivity index (χ0n) is 18.6. The minimum absolute atomic E-state index is 0.0327. The van der Waals surface area contributed by atoms with E-state index in [4.69, 9.17) is 14.2 Å². The quantitative estimate of drug-likeness (QED) is 0.566. The van der Waals surface area contributed by atoms with Gasteiger partial charge in [-0.25, -0.2) is 0 Å². The number of aromatic nitrogens is 4. The third-order valence-corrected chi connectivity index (χ3v) is 6.42. The van der Waals surface area contributed by atoms with Gasteiger partial charge in [0.15, 0.2) is 5.82 Å². The molecule has 1 aromatic carbocycles. The third-order valence-electron chi connectivity index (χ3n) is 6.42. The Bertz CT molecular complexity index is 1220. The molecule has 1 saturated heterocycles. The van der Waals surface area contributed by atoms with Gasteiger partial charge in [-0.05, 0) is 37.8 Å². The van der Waals surface area contributed by atoms with Crippen LogP contribution in [0, 0.1) is 13.8 Å². The van der Waals surface area contributed by atoms with E-state index in [9.17, 15) is 0 Å². The summed E-state index contributed by atoms with van der Waals surface area (Å²) in [4.78, 5) is 8.23. The molecule has 0 amide bonds. The number of benzene rings is 1. The minimum atomic E-state index is -0.264. The van der Waals surface area contributed by atoms with E-state index < -0.39 is 0 Å². The molecular formula is C24H26N6O2. The first-order chi connectivity index (χ1) is 15.5. The molecule has 0 radical (unpaired) electrons. The van der Waals surface area contributed by atoms with E-state index in [0.717, 1.165) is 29.8 Å². The van der Waals surface area contributed by atoms with Crippen LogP contribution in [0.1, 0.15) is 60.0 Å². The van der Waals surface area contributed by atoms with Crippen molar-refractivity contribution in [2.45, 2.75) is 51.7 Å². The molecule has 0 bridgehead atoms. The Balaban J connectivity index is 1.36. The smallest absolute Gasteiger partial charge is 0.246 e. The normalized spacial score (nSPS) is 22.3. The van der Waals surface area contributed by atoms with Gasteiger partial charge >= 0.3 is 0 Å². The number of hydrogen-bond donors (Lipinski definition) is 0. The predicted molar refractivity (Wildman–Crippen MR) is 120 cm³/mol. The van der Waals surface area contributed by atoms with E-state index >= 15 is 0 Å².